The van der Waals surface area contributed by atoms with Gasteiger partial charge in [-0.2, -0.15) is 4.98 Å². The maximum absolute atomic E-state index is 12.5. The van der Waals surface area contributed by atoms with Crippen molar-refractivity contribution in [2.45, 2.75) is 38.4 Å². The van der Waals surface area contributed by atoms with Gasteiger partial charge in [-0.15, -0.1) is 0 Å². The van der Waals surface area contributed by atoms with Crippen LogP contribution in [0.25, 0.3) is 0 Å². The predicted octanol–water partition coefficient (Wildman–Crippen LogP) is 1.91. The third-order valence-electron chi connectivity index (χ3n) is 4.02. The smallest absolute Gasteiger partial charge is 0.237 e. The summed E-state index contributed by atoms with van der Waals surface area (Å²) in [6.07, 6.45) is 3.20. The van der Waals surface area contributed by atoms with Crippen LogP contribution < -0.4 is 5.32 Å². The molecule has 1 aromatic carbocycles. The van der Waals surface area contributed by atoms with E-state index in [1.54, 1.807) is 0 Å². The number of amides is 1. The van der Waals surface area contributed by atoms with Crippen LogP contribution in [0, 0.1) is 0 Å². The standard InChI is InChI=1S/C16H20N4O2/c1-12(15-17-11-22-19-15)18-16(21)14-8-5-9-20(14)10-13-6-3-2-4-7-13/h2-4,6-7,11-12,14H,5,8-10H2,1H3,(H,18,21). The number of rotatable bonds is 5. The molecular formula is C16H20N4O2. The Hall–Kier alpha value is -2.21. The molecule has 1 saturated heterocycles. The zero-order valence-electron chi connectivity index (χ0n) is 12.6. The topological polar surface area (TPSA) is 71.3 Å². The van der Waals surface area contributed by atoms with Crippen LogP contribution in [0.4, 0.5) is 0 Å². The maximum Gasteiger partial charge on any atom is 0.237 e. The van der Waals surface area contributed by atoms with Gasteiger partial charge in [0, 0.05) is 6.54 Å². The highest BCUT2D eigenvalue weighted by Gasteiger charge is 2.31. The van der Waals surface area contributed by atoms with Crippen molar-refractivity contribution in [2.24, 2.45) is 0 Å². The number of hydrogen-bond donors (Lipinski definition) is 1. The van der Waals surface area contributed by atoms with Crippen LogP contribution in [0.5, 0.6) is 0 Å². The molecule has 1 aromatic heterocycles. The van der Waals surface area contributed by atoms with Crippen LogP contribution >= 0.6 is 0 Å². The van der Waals surface area contributed by atoms with E-state index in [4.69, 9.17) is 4.52 Å². The van der Waals surface area contributed by atoms with Gasteiger partial charge < -0.3 is 9.84 Å². The van der Waals surface area contributed by atoms with Gasteiger partial charge in [0.1, 0.15) is 0 Å². The van der Waals surface area contributed by atoms with E-state index >= 15 is 0 Å². The average molecular weight is 300 g/mol. The van der Waals surface area contributed by atoms with Gasteiger partial charge in [0.25, 0.3) is 0 Å². The van der Waals surface area contributed by atoms with Gasteiger partial charge in [-0.25, -0.2) is 0 Å². The van der Waals surface area contributed by atoms with Crippen molar-refractivity contribution in [3.05, 3.63) is 48.1 Å². The molecule has 116 valence electrons. The highest BCUT2D eigenvalue weighted by molar-refractivity contribution is 5.82. The van der Waals surface area contributed by atoms with Crippen LogP contribution in [0.15, 0.2) is 41.2 Å². The molecule has 2 heterocycles. The first-order valence-corrected chi connectivity index (χ1v) is 7.58. The zero-order valence-corrected chi connectivity index (χ0v) is 12.6. The van der Waals surface area contributed by atoms with Gasteiger partial charge in [0.05, 0.1) is 12.1 Å². The minimum absolute atomic E-state index is 0.0331. The van der Waals surface area contributed by atoms with Gasteiger partial charge in [-0.3, -0.25) is 9.69 Å². The van der Waals surface area contributed by atoms with Crippen LogP contribution in [0.2, 0.25) is 0 Å². The lowest BCUT2D eigenvalue weighted by Gasteiger charge is -2.24. The molecule has 0 spiro atoms. The third kappa shape index (κ3) is 3.33. The largest absolute Gasteiger partial charge is 0.345 e. The second-order valence-corrected chi connectivity index (χ2v) is 5.63. The molecule has 3 rings (SSSR count). The number of nitrogens with zero attached hydrogens (tertiary/aromatic N) is 3. The van der Waals surface area contributed by atoms with E-state index in [0.717, 1.165) is 25.9 Å². The highest BCUT2D eigenvalue weighted by Crippen LogP contribution is 2.21. The van der Waals surface area contributed by atoms with Crippen LogP contribution in [-0.2, 0) is 11.3 Å². The van der Waals surface area contributed by atoms with Crippen molar-refractivity contribution in [3.63, 3.8) is 0 Å². The lowest BCUT2D eigenvalue weighted by Crippen LogP contribution is -2.43. The molecule has 1 fully saturated rings. The second-order valence-electron chi connectivity index (χ2n) is 5.63. The Balaban J connectivity index is 1.61. The number of likely N-dealkylation sites (tertiary alicyclic amines) is 1. The lowest BCUT2D eigenvalue weighted by molar-refractivity contribution is -0.126. The van der Waals surface area contributed by atoms with E-state index in [9.17, 15) is 4.79 Å². The minimum Gasteiger partial charge on any atom is -0.345 e. The Kier molecular flexibility index (Phi) is 4.48. The fourth-order valence-electron chi connectivity index (χ4n) is 2.87. The quantitative estimate of drug-likeness (QED) is 0.913. The third-order valence-corrected chi connectivity index (χ3v) is 4.02. The fourth-order valence-corrected chi connectivity index (χ4v) is 2.87. The van der Waals surface area contributed by atoms with Gasteiger partial charge in [0.2, 0.25) is 12.3 Å². The molecule has 1 aliphatic heterocycles. The Bertz CT molecular complexity index is 600. The number of aromatic nitrogens is 2. The fraction of sp³-hybridized carbons (Fsp3) is 0.438. The number of nitrogens with one attached hydrogen (secondary N) is 1. The normalized spacial score (nSPS) is 20.0. The van der Waals surface area contributed by atoms with E-state index in [1.807, 2.05) is 25.1 Å². The number of hydrogen-bond acceptors (Lipinski definition) is 5. The van der Waals surface area contributed by atoms with Crippen molar-refractivity contribution in [2.75, 3.05) is 6.54 Å². The molecule has 1 amide bonds. The Morgan fingerprint density at radius 1 is 1.45 bits per heavy atom. The van der Waals surface area contributed by atoms with Crippen molar-refractivity contribution >= 4 is 5.91 Å². The average Bonchev–Trinajstić information content (AvgIpc) is 3.19. The number of carbonyl (C=O) groups excluding carboxylic acids is 1. The molecule has 0 radical (unpaired) electrons. The summed E-state index contributed by atoms with van der Waals surface area (Å²) in [5.41, 5.74) is 1.23. The Morgan fingerprint density at radius 3 is 3.00 bits per heavy atom. The summed E-state index contributed by atoms with van der Waals surface area (Å²) >= 11 is 0. The Morgan fingerprint density at radius 2 is 2.27 bits per heavy atom. The van der Waals surface area contributed by atoms with Gasteiger partial charge in [-0.1, -0.05) is 35.5 Å². The molecule has 1 N–H and O–H groups in total. The van der Waals surface area contributed by atoms with Gasteiger partial charge >= 0.3 is 0 Å². The van der Waals surface area contributed by atoms with Crippen molar-refractivity contribution in [1.29, 1.82) is 0 Å². The molecule has 2 aromatic rings. The van der Waals surface area contributed by atoms with Gasteiger partial charge in [0.15, 0.2) is 5.82 Å². The summed E-state index contributed by atoms with van der Waals surface area (Å²) in [5, 5.41) is 6.74. The first kappa shape index (κ1) is 14.7. The van der Waals surface area contributed by atoms with Crippen molar-refractivity contribution in [3.8, 4) is 0 Å². The number of carbonyl (C=O) groups is 1. The molecule has 22 heavy (non-hydrogen) atoms. The molecule has 2 atom stereocenters. The highest BCUT2D eigenvalue weighted by atomic mass is 16.5. The maximum atomic E-state index is 12.5. The molecule has 2 unspecified atom stereocenters. The van der Waals surface area contributed by atoms with E-state index in [1.165, 1.54) is 12.0 Å². The number of benzene rings is 1. The summed E-state index contributed by atoms with van der Waals surface area (Å²) in [7, 11) is 0. The summed E-state index contributed by atoms with van der Waals surface area (Å²) in [6.45, 7) is 3.61. The molecule has 6 nitrogen and oxygen atoms in total. The molecule has 1 aliphatic rings. The first-order chi connectivity index (χ1) is 10.7. The molecular weight excluding hydrogens is 280 g/mol. The lowest BCUT2D eigenvalue weighted by atomic mass is 10.1. The van der Waals surface area contributed by atoms with Crippen LogP contribution in [0.3, 0.4) is 0 Å². The monoisotopic (exact) mass is 300 g/mol. The molecule has 0 bridgehead atoms. The van der Waals surface area contributed by atoms with E-state index in [0.29, 0.717) is 5.82 Å². The van der Waals surface area contributed by atoms with Crippen LogP contribution in [-0.4, -0.2) is 33.5 Å². The molecule has 6 heteroatoms. The van der Waals surface area contributed by atoms with E-state index in [2.05, 4.69) is 32.5 Å². The van der Waals surface area contributed by atoms with Crippen LogP contribution in [0.1, 0.15) is 37.2 Å². The molecule has 0 aliphatic carbocycles. The van der Waals surface area contributed by atoms with E-state index in [-0.39, 0.29) is 18.0 Å². The summed E-state index contributed by atoms with van der Waals surface area (Å²) < 4.78 is 4.72. The summed E-state index contributed by atoms with van der Waals surface area (Å²) in [5.74, 6) is 0.534. The zero-order chi connectivity index (χ0) is 15.4. The van der Waals surface area contributed by atoms with Crippen molar-refractivity contribution < 1.29 is 9.32 Å². The minimum atomic E-state index is -0.245. The summed E-state index contributed by atoms with van der Waals surface area (Å²) in [4.78, 5) is 18.7. The SMILES string of the molecule is CC(NC(=O)C1CCCN1Cc1ccccc1)c1ncon1. The first-order valence-electron chi connectivity index (χ1n) is 7.58. The van der Waals surface area contributed by atoms with Gasteiger partial charge in [-0.05, 0) is 31.9 Å². The van der Waals surface area contributed by atoms with Crippen molar-refractivity contribution in [1.82, 2.24) is 20.4 Å². The summed E-state index contributed by atoms with van der Waals surface area (Å²) in [6, 6.07) is 9.91. The second kappa shape index (κ2) is 6.70. The molecule has 0 saturated carbocycles. The Labute approximate surface area is 129 Å². The predicted molar refractivity (Wildman–Crippen MR) is 80.7 cm³/mol. The van der Waals surface area contributed by atoms with E-state index < -0.39 is 0 Å².